The fraction of sp³-hybridized carbons (Fsp3) is 0.286. The van der Waals surface area contributed by atoms with Crippen molar-refractivity contribution in [1.29, 1.82) is 0 Å². The Kier molecular flexibility index (Phi) is 3.57. The second kappa shape index (κ2) is 4.98. The molecule has 0 amide bonds. The third kappa shape index (κ3) is 2.20. The summed E-state index contributed by atoms with van der Waals surface area (Å²) in [7, 11) is 0. The van der Waals surface area contributed by atoms with Gasteiger partial charge in [-0.05, 0) is 31.9 Å². The van der Waals surface area contributed by atoms with Crippen molar-refractivity contribution in [2.45, 2.75) is 26.5 Å². The molecule has 2 rings (SSSR count). The van der Waals surface area contributed by atoms with Crippen molar-refractivity contribution >= 4 is 12.6 Å². The van der Waals surface area contributed by atoms with Crippen molar-refractivity contribution in [3.8, 4) is 5.69 Å². The summed E-state index contributed by atoms with van der Waals surface area (Å²) in [6, 6.07) is 7.72. The SMILES string of the molecule is Cc1cccc(C)c1-n1nc(CS)c(=O)cc1C. The Morgan fingerprint density at radius 3 is 2.39 bits per heavy atom. The molecule has 1 aromatic carbocycles. The summed E-state index contributed by atoms with van der Waals surface area (Å²) in [5, 5.41) is 4.41. The Balaban J connectivity index is 2.75. The largest absolute Gasteiger partial charge is 0.288 e. The zero-order valence-corrected chi connectivity index (χ0v) is 11.7. The standard InChI is InChI=1S/C14H16N2OS/c1-9-5-4-6-10(2)14(9)16-11(3)7-13(17)12(8-18)15-16/h4-7,18H,8H2,1-3H3. The van der Waals surface area contributed by atoms with Crippen LogP contribution in [-0.2, 0) is 5.75 Å². The average Bonchev–Trinajstić information content (AvgIpc) is 2.31. The van der Waals surface area contributed by atoms with Gasteiger partial charge in [-0.15, -0.1) is 0 Å². The molecule has 0 aliphatic rings. The third-order valence-electron chi connectivity index (χ3n) is 2.98. The molecule has 0 N–H and O–H groups in total. The van der Waals surface area contributed by atoms with Crippen LogP contribution in [0.15, 0.2) is 29.1 Å². The van der Waals surface area contributed by atoms with E-state index >= 15 is 0 Å². The fourth-order valence-electron chi connectivity index (χ4n) is 2.06. The molecule has 0 spiro atoms. The maximum absolute atomic E-state index is 11.7. The maximum Gasteiger partial charge on any atom is 0.204 e. The molecule has 0 bridgehead atoms. The van der Waals surface area contributed by atoms with E-state index in [0.29, 0.717) is 11.4 Å². The van der Waals surface area contributed by atoms with Gasteiger partial charge in [0.2, 0.25) is 5.43 Å². The van der Waals surface area contributed by atoms with E-state index in [4.69, 9.17) is 0 Å². The van der Waals surface area contributed by atoms with Crippen molar-refractivity contribution in [2.24, 2.45) is 0 Å². The van der Waals surface area contributed by atoms with Gasteiger partial charge >= 0.3 is 0 Å². The van der Waals surface area contributed by atoms with Gasteiger partial charge in [-0.2, -0.15) is 17.7 Å². The highest BCUT2D eigenvalue weighted by Crippen LogP contribution is 2.18. The molecule has 1 heterocycles. The Labute approximate surface area is 112 Å². The molecule has 0 unspecified atom stereocenters. The molecule has 94 valence electrons. The molecule has 0 aliphatic heterocycles. The Hall–Kier alpha value is -1.55. The van der Waals surface area contributed by atoms with Crippen LogP contribution in [0, 0.1) is 20.8 Å². The number of hydrogen-bond acceptors (Lipinski definition) is 3. The smallest absolute Gasteiger partial charge is 0.204 e. The zero-order valence-electron chi connectivity index (χ0n) is 10.8. The van der Waals surface area contributed by atoms with Crippen LogP contribution in [-0.4, -0.2) is 9.78 Å². The van der Waals surface area contributed by atoms with E-state index in [0.717, 1.165) is 22.5 Å². The molecule has 0 fully saturated rings. The number of nitrogens with zero attached hydrogens (tertiary/aromatic N) is 2. The van der Waals surface area contributed by atoms with E-state index in [1.807, 2.05) is 43.7 Å². The Bertz CT molecular complexity index is 626. The summed E-state index contributed by atoms with van der Waals surface area (Å²) in [6.45, 7) is 5.98. The van der Waals surface area contributed by atoms with Gasteiger partial charge in [-0.25, -0.2) is 4.68 Å². The predicted molar refractivity (Wildman–Crippen MR) is 76.7 cm³/mol. The lowest BCUT2D eigenvalue weighted by Crippen LogP contribution is -2.19. The first-order valence-corrected chi connectivity index (χ1v) is 6.45. The molecular formula is C14H16N2OS. The number of rotatable bonds is 2. The number of thiol groups is 1. The number of benzene rings is 1. The van der Waals surface area contributed by atoms with E-state index < -0.39 is 0 Å². The van der Waals surface area contributed by atoms with Gasteiger partial charge < -0.3 is 0 Å². The highest BCUT2D eigenvalue weighted by Gasteiger charge is 2.10. The topological polar surface area (TPSA) is 34.9 Å². The minimum absolute atomic E-state index is 0.0509. The summed E-state index contributed by atoms with van der Waals surface area (Å²) >= 11 is 4.15. The number of aryl methyl sites for hydroxylation is 3. The van der Waals surface area contributed by atoms with E-state index in [1.165, 1.54) is 0 Å². The van der Waals surface area contributed by atoms with Gasteiger partial charge in [0.1, 0.15) is 5.69 Å². The van der Waals surface area contributed by atoms with E-state index in [1.54, 1.807) is 6.07 Å². The molecule has 0 atom stereocenters. The van der Waals surface area contributed by atoms with Crippen LogP contribution in [0.5, 0.6) is 0 Å². The first kappa shape index (κ1) is 12.9. The lowest BCUT2D eigenvalue weighted by atomic mass is 10.1. The molecule has 1 aromatic heterocycles. The molecule has 0 radical (unpaired) electrons. The van der Waals surface area contributed by atoms with Gasteiger partial charge in [-0.3, -0.25) is 4.79 Å². The highest BCUT2D eigenvalue weighted by atomic mass is 32.1. The van der Waals surface area contributed by atoms with Crippen LogP contribution >= 0.6 is 12.6 Å². The molecule has 4 heteroatoms. The van der Waals surface area contributed by atoms with Crippen molar-refractivity contribution in [1.82, 2.24) is 9.78 Å². The summed E-state index contributed by atoms with van der Waals surface area (Å²) < 4.78 is 1.83. The number of aromatic nitrogens is 2. The summed E-state index contributed by atoms with van der Waals surface area (Å²) in [6.07, 6.45) is 0. The second-order valence-corrected chi connectivity index (χ2v) is 4.72. The molecule has 0 saturated heterocycles. The third-order valence-corrected chi connectivity index (χ3v) is 3.28. The molecule has 0 aliphatic carbocycles. The van der Waals surface area contributed by atoms with Crippen molar-refractivity contribution < 1.29 is 0 Å². The minimum atomic E-state index is -0.0509. The van der Waals surface area contributed by atoms with E-state index in [-0.39, 0.29) is 5.43 Å². The average molecular weight is 260 g/mol. The summed E-state index contributed by atoms with van der Waals surface area (Å²) in [5.41, 5.74) is 4.58. The van der Waals surface area contributed by atoms with Crippen LogP contribution in [0.3, 0.4) is 0 Å². The monoisotopic (exact) mass is 260 g/mol. The van der Waals surface area contributed by atoms with Crippen molar-refractivity contribution in [3.63, 3.8) is 0 Å². The Morgan fingerprint density at radius 1 is 1.22 bits per heavy atom. The van der Waals surface area contributed by atoms with E-state index in [9.17, 15) is 4.79 Å². The van der Waals surface area contributed by atoms with Gasteiger partial charge in [0.05, 0.1) is 5.69 Å². The van der Waals surface area contributed by atoms with Gasteiger partial charge in [0.15, 0.2) is 0 Å². The van der Waals surface area contributed by atoms with Crippen LogP contribution in [0.1, 0.15) is 22.5 Å². The van der Waals surface area contributed by atoms with Gasteiger partial charge in [0.25, 0.3) is 0 Å². The molecule has 18 heavy (non-hydrogen) atoms. The Morgan fingerprint density at radius 2 is 1.83 bits per heavy atom. The fourth-order valence-corrected chi connectivity index (χ4v) is 2.28. The molecule has 2 aromatic rings. The molecule has 3 nitrogen and oxygen atoms in total. The first-order valence-electron chi connectivity index (χ1n) is 5.82. The number of para-hydroxylation sites is 1. The summed E-state index contributed by atoms with van der Waals surface area (Å²) in [5.74, 6) is 0.351. The lowest BCUT2D eigenvalue weighted by molar-refractivity contribution is 0.765. The predicted octanol–water partition coefficient (Wildman–Crippen LogP) is 2.59. The van der Waals surface area contributed by atoms with Gasteiger partial charge in [0, 0.05) is 17.5 Å². The van der Waals surface area contributed by atoms with E-state index in [2.05, 4.69) is 17.7 Å². The first-order chi connectivity index (χ1) is 8.54. The van der Waals surface area contributed by atoms with Crippen LogP contribution in [0.4, 0.5) is 0 Å². The lowest BCUT2D eigenvalue weighted by Gasteiger charge is -2.15. The molecular weight excluding hydrogens is 244 g/mol. The normalized spacial score (nSPS) is 10.7. The molecule has 0 saturated carbocycles. The quantitative estimate of drug-likeness (QED) is 0.842. The number of hydrogen-bond donors (Lipinski definition) is 1. The van der Waals surface area contributed by atoms with Crippen molar-refractivity contribution in [2.75, 3.05) is 0 Å². The zero-order chi connectivity index (χ0) is 13.3. The van der Waals surface area contributed by atoms with Crippen LogP contribution in [0.2, 0.25) is 0 Å². The highest BCUT2D eigenvalue weighted by molar-refractivity contribution is 7.79. The van der Waals surface area contributed by atoms with Gasteiger partial charge in [-0.1, -0.05) is 18.2 Å². The van der Waals surface area contributed by atoms with Crippen LogP contribution in [0.25, 0.3) is 5.69 Å². The van der Waals surface area contributed by atoms with Crippen molar-refractivity contribution in [3.05, 3.63) is 57.0 Å². The summed E-state index contributed by atoms with van der Waals surface area (Å²) in [4.78, 5) is 11.7. The van der Waals surface area contributed by atoms with Crippen LogP contribution < -0.4 is 5.43 Å². The second-order valence-electron chi connectivity index (χ2n) is 4.41. The minimum Gasteiger partial charge on any atom is -0.288 e. The maximum atomic E-state index is 11.7.